The third kappa shape index (κ3) is 3.84. The quantitative estimate of drug-likeness (QED) is 0.819. The Balaban J connectivity index is 1.79. The van der Waals surface area contributed by atoms with E-state index in [4.69, 9.17) is 4.98 Å². The number of likely N-dealkylation sites (tertiary alicyclic amines) is 1. The molecule has 0 unspecified atom stereocenters. The molecule has 1 amide bonds. The van der Waals surface area contributed by atoms with Gasteiger partial charge in [-0.2, -0.15) is 0 Å². The molecule has 5 heteroatoms. The van der Waals surface area contributed by atoms with Gasteiger partial charge in [0.05, 0.1) is 11.4 Å². The van der Waals surface area contributed by atoms with Crippen LogP contribution in [0.2, 0.25) is 0 Å². The Kier molecular flexibility index (Phi) is 5.31. The highest BCUT2D eigenvalue weighted by Crippen LogP contribution is 2.30. The zero-order valence-electron chi connectivity index (χ0n) is 14.7. The normalized spacial score (nSPS) is 18.5. The molecule has 1 fully saturated rings. The van der Waals surface area contributed by atoms with E-state index in [9.17, 15) is 4.79 Å². The van der Waals surface area contributed by atoms with E-state index in [0.29, 0.717) is 6.04 Å². The second-order valence-electron chi connectivity index (χ2n) is 6.63. The van der Waals surface area contributed by atoms with Gasteiger partial charge in [-0.1, -0.05) is 24.1 Å². The van der Waals surface area contributed by atoms with Crippen molar-refractivity contribution in [2.75, 3.05) is 11.4 Å². The first-order chi connectivity index (χ1) is 11.5. The zero-order valence-corrected chi connectivity index (χ0v) is 15.5. The number of carbonyl (C=O) groups is 1. The number of anilines is 2. The second-order valence-corrected chi connectivity index (χ2v) is 7.46. The van der Waals surface area contributed by atoms with Crippen LogP contribution in [0.1, 0.15) is 44.4 Å². The summed E-state index contributed by atoms with van der Waals surface area (Å²) < 4.78 is 0. The predicted molar refractivity (Wildman–Crippen MR) is 99.8 cm³/mol. The van der Waals surface area contributed by atoms with Crippen LogP contribution >= 0.6 is 11.3 Å². The van der Waals surface area contributed by atoms with Crippen LogP contribution < -0.4 is 4.90 Å². The standard InChI is InChI=1S/C19H25N3OS/c1-14-7-9-18(10-8-14)22(16(3)23)19-20-17(13-24-19)12-21-11-5-4-6-15(21)2/h7-10,13,15H,4-6,11-12H2,1-3H3/t15-/m1/s1. The number of thiazole rings is 1. The molecular formula is C19H25N3OS. The van der Waals surface area contributed by atoms with Crippen LogP contribution in [0, 0.1) is 6.92 Å². The molecule has 0 saturated carbocycles. The molecule has 1 atom stereocenters. The Hall–Kier alpha value is -1.72. The summed E-state index contributed by atoms with van der Waals surface area (Å²) in [5.41, 5.74) is 3.11. The summed E-state index contributed by atoms with van der Waals surface area (Å²) in [6.45, 7) is 7.94. The molecule has 0 N–H and O–H groups in total. The van der Waals surface area contributed by atoms with Gasteiger partial charge in [-0.3, -0.25) is 14.6 Å². The van der Waals surface area contributed by atoms with Crippen LogP contribution in [0.5, 0.6) is 0 Å². The Bertz CT molecular complexity index is 695. The van der Waals surface area contributed by atoms with Crippen molar-refractivity contribution < 1.29 is 4.79 Å². The number of rotatable bonds is 4. The lowest BCUT2D eigenvalue weighted by Gasteiger charge is -2.32. The monoisotopic (exact) mass is 343 g/mol. The minimum absolute atomic E-state index is 0.00825. The fourth-order valence-electron chi connectivity index (χ4n) is 3.19. The first-order valence-electron chi connectivity index (χ1n) is 8.60. The van der Waals surface area contributed by atoms with E-state index in [0.717, 1.165) is 29.6 Å². The lowest BCUT2D eigenvalue weighted by Crippen LogP contribution is -2.36. The van der Waals surface area contributed by atoms with Crippen molar-refractivity contribution in [3.8, 4) is 0 Å². The number of carbonyl (C=O) groups excluding carboxylic acids is 1. The molecular weight excluding hydrogens is 318 g/mol. The molecule has 2 heterocycles. The van der Waals surface area contributed by atoms with Gasteiger partial charge in [0, 0.05) is 24.9 Å². The number of nitrogens with zero attached hydrogens (tertiary/aromatic N) is 3. The molecule has 1 aromatic carbocycles. The SMILES string of the molecule is CC(=O)N(c1ccc(C)cc1)c1nc(CN2CCCC[C@H]2C)cs1. The van der Waals surface area contributed by atoms with Gasteiger partial charge in [-0.05, 0) is 45.4 Å². The Morgan fingerprint density at radius 3 is 2.75 bits per heavy atom. The van der Waals surface area contributed by atoms with Crippen molar-refractivity contribution in [2.45, 2.75) is 52.6 Å². The molecule has 1 aliphatic rings. The molecule has 4 nitrogen and oxygen atoms in total. The third-order valence-corrected chi connectivity index (χ3v) is 5.52. The van der Waals surface area contributed by atoms with E-state index in [2.05, 4.69) is 17.2 Å². The zero-order chi connectivity index (χ0) is 17.1. The summed E-state index contributed by atoms with van der Waals surface area (Å²) >= 11 is 1.54. The molecule has 1 aromatic heterocycles. The highest BCUT2D eigenvalue weighted by Gasteiger charge is 2.21. The maximum Gasteiger partial charge on any atom is 0.230 e. The minimum Gasteiger partial charge on any atom is -0.295 e. The fraction of sp³-hybridized carbons (Fsp3) is 0.474. The van der Waals surface area contributed by atoms with Crippen LogP contribution in [-0.2, 0) is 11.3 Å². The molecule has 24 heavy (non-hydrogen) atoms. The van der Waals surface area contributed by atoms with E-state index in [1.807, 2.05) is 31.2 Å². The van der Waals surface area contributed by atoms with Crippen molar-refractivity contribution in [3.05, 3.63) is 40.9 Å². The number of hydrogen-bond acceptors (Lipinski definition) is 4. The summed E-state index contributed by atoms with van der Waals surface area (Å²) in [6.07, 6.45) is 3.86. The van der Waals surface area contributed by atoms with Crippen molar-refractivity contribution in [2.24, 2.45) is 0 Å². The first kappa shape index (κ1) is 17.1. The third-order valence-electron chi connectivity index (χ3n) is 4.64. The van der Waals surface area contributed by atoms with E-state index in [1.165, 1.54) is 24.8 Å². The van der Waals surface area contributed by atoms with Gasteiger partial charge in [0.2, 0.25) is 5.91 Å². The van der Waals surface area contributed by atoms with Crippen LogP contribution in [0.25, 0.3) is 0 Å². The van der Waals surface area contributed by atoms with Gasteiger partial charge in [0.1, 0.15) is 0 Å². The minimum atomic E-state index is -0.00825. The number of aryl methyl sites for hydroxylation is 1. The van der Waals surface area contributed by atoms with E-state index >= 15 is 0 Å². The smallest absolute Gasteiger partial charge is 0.230 e. The van der Waals surface area contributed by atoms with Gasteiger partial charge in [0.25, 0.3) is 0 Å². The lowest BCUT2D eigenvalue weighted by molar-refractivity contribution is -0.115. The molecule has 0 spiro atoms. The molecule has 1 aliphatic heterocycles. The highest BCUT2D eigenvalue weighted by atomic mass is 32.1. The molecule has 128 valence electrons. The van der Waals surface area contributed by atoms with E-state index in [-0.39, 0.29) is 5.91 Å². The van der Waals surface area contributed by atoms with Crippen molar-refractivity contribution >= 4 is 28.1 Å². The number of benzene rings is 1. The molecule has 0 bridgehead atoms. The highest BCUT2D eigenvalue weighted by molar-refractivity contribution is 7.14. The Morgan fingerprint density at radius 1 is 1.33 bits per heavy atom. The molecule has 1 saturated heterocycles. The lowest BCUT2D eigenvalue weighted by atomic mass is 10.0. The summed E-state index contributed by atoms with van der Waals surface area (Å²) in [6, 6.07) is 8.62. The molecule has 0 radical (unpaired) electrons. The topological polar surface area (TPSA) is 36.4 Å². The Morgan fingerprint density at radius 2 is 2.08 bits per heavy atom. The van der Waals surface area contributed by atoms with E-state index < -0.39 is 0 Å². The second kappa shape index (κ2) is 7.45. The van der Waals surface area contributed by atoms with Crippen LogP contribution in [-0.4, -0.2) is 28.4 Å². The Labute approximate surface area is 148 Å². The van der Waals surface area contributed by atoms with Gasteiger partial charge >= 0.3 is 0 Å². The first-order valence-corrected chi connectivity index (χ1v) is 9.48. The average molecular weight is 343 g/mol. The largest absolute Gasteiger partial charge is 0.295 e. The van der Waals surface area contributed by atoms with Gasteiger partial charge in [-0.15, -0.1) is 11.3 Å². The summed E-state index contributed by atoms with van der Waals surface area (Å²) in [5, 5.41) is 2.84. The number of amides is 1. The van der Waals surface area contributed by atoms with Crippen LogP contribution in [0.15, 0.2) is 29.6 Å². The molecule has 0 aliphatic carbocycles. The molecule has 3 rings (SSSR count). The fourth-order valence-corrected chi connectivity index (χ4v) is 4.07. The van der Waals surface area contributed by atoms with Crippen molar-refractivity contribution in [1.29, 1.82) is 0 Å². The molecule has 2 aromatic rings. The van der Waals surface area contributed by atoms with Gasteiger partial charge in [-0.25, -0.2) is 4.98 Å². The van der Waals surface area contributed by atoms with Crippen molar-refractivity contribution in [1.82, 2.24) is 9.88 Å². The summed E-state index contributed by atoms with van der Waals surface area (Å²) in [5.74, 6) is -0.00825. The predicted octanol–water partition coefficient (Wildman–Crippen LogP) is 4.51. The number of aromatic nitrogens is 1. The van der Waals surface area contributed by atoms with Gasteiger partial charge in [0.15, 0.2) is 5.13 Å². The maximum absolute atomic E-state index is 12.2. The summed E-state index contributed by atoms with van der Waals surface area (Å²) in [7, 11) is 0. The van der Waals surface area contributed by atoms with Crippen molar-refractivity contribution in [3.63, 3.8) is 0 Å². The average Bonchev–Trinajstić information content (AvgIpc) is 2.99. The van der Waals surface area contributed by atoms with Crippen LogP contribution in [0.4, 0.5) is 10.8 Å². The van der Waals surface area contributed by atoms with Crippen LogP contribution in [0.3, 0.4) is 0 Å². The number of piperidine rings is 1. The summed E-state index contributed by atoms with van der Waals surface area (Å²) in [4.78, 5) is 21.1. The maximum atomic E-state index is 12.2. The van der Waals surface area contributed by atoms with Gasteiger partial charge < -0.3 is 0 Å². The number of hydrogen-bond donors (Lipinski definition) is 0. The van der Waals surface area contributed by atoms with E-state index in [1.54, 1.807) is 23.2 Å².